The monoisotopic (exact) mass is 316 g/mol. The minimum Gasteiger partial charge on any atom is -0.343 e. The van der Waals surface area contributed by atoms with E-state index in [9.17, 15) is 13.2 Å². The summed E-state index contributed by atoms with van der Waals surface area (Å²) in [6.07, 6.45) is -1.17. The van der Waals surface area contributed by atoms with E-state index in [4.69, 9.17) is 0 Å². The van der Waals surface area contributed by atoms with Crippen LogP contribution in [0.5, 0.6) is 0 Å². The fraction of sp³-hybridized carbons (Fsp3) is 0.455. The maximum Gasteiger partial charge on any atom is 0.452 e. The van der Waals surface area contributed by atoms with Gasteiger partial charge in [0.25, 0.3) is 0 Å². The Kier molecular flexibility index (Phi) is 3.62. The first-order valence-electron chi connectivity index (χ1n) is 6.22. The molecule has 0 radical (unpaired) electrons. The van der Waals surface area contributed by atoms with Gasteiger partial charge in [-0.05, 0) is 6.07 Å². The molecule has 21 heavy (non-hydrogen) atoms. The van der Waals surface area contributed by atoms with Crippen LogP contribution in [-0.2, 0) is 6.18 Å². The first kappa shape index (κ1) is 14.0. The van der Waals surface area contributed by atoms with Crippen molar-refractivity contribution in [3.8, 4) is 0 Å². The van der Waals surface area contributed by atoms with E-state index in [1.165, 1.54) is 0 Å². The molecule has 1 saturated heterocycles. The Morgan fingerprint density at radius 3 is 2.19 bits per heavy atom. The number of anilines is 2. The maximum atomic E-state index is 12.5. The van der Waals surface area contributed by atoms with Crippen molar-refractivity contribution in [3.05, 3.63) is 24.3 Å². The Morgan fingerprint density at radius 2 is 1.62 bits per heavy atom. The summed E-state index contributed by atoms with van der Waals surface area (Å²) in [5, 5.41) is 0.302. The number of hydrogen-bond acceptors (Lipinski definition) is 7. The molecule has 0 aromatic carbocycles. The van der Waals surface area contributed by atoms with Crippen molar-refractivity contribution in [3.63, 3.8) is 0 Å². The molecular weight excluding hydrogens is 305 g/mol. The Bertz CT molecular complexity index is 594. The van der Waals surface area contributed by atoms with Crippen LogP contribution in [0.3, 0.4) is 0 Å². The highest BCUT2D eigenvalue weighted by atomic mass is 32.1. The van der Waals surface area contributed by atoms with E-state index >= 15 is 0 Å². The lowest BCUT2D eigenvalue weighted by atomic mass is 10.3. The zero-order valence-corrected chi connectivity index (χ0v) is 11.6. The molecule has 1 fully saturated rings. The second-order valence-corrected chi connectivity index (χ2v) is 5.15. The quantitative estimate of drug-likeness (QED) is 0.840. The summed E-state index contributed by atoms with van der Waals surface area (Å²) in [5.41, 5.74) is 0. The number of piperazine rings is 1. The van der Waals surface area contributed by atoms with Gasteiger partial charge in [0.15, 0.2) is 0 Å². The normalized spacial score (nSPS) is 16.3. The third-order valence-electron chi connectivity index (χ3n) is 3.05. The topological polar surface area (TPSA) is 58.0 Å². The first-order valence-corrected chi connectivity index (χ1v) is 6.99. The number of hydrogen-bond donors (Lipinski definition) is 0. The zero-order valence-electron chi connectivity index (χ0n) is 10.8. The number of nitrogens with zero attached hydrogens (tertiary/aromatic N) is 6. The van der Waals surface area contributed by atoms with E-state index in [1.54, 1.807) is 23.4 Å². The van der Waals surface area contributed by atoms with Gasteiger partial charge in [0.05, 0.1) is 0 Å². The molecule has 0 aliphatic carbocycles. The van der Waals surface area contributed by atoms with Crippen molar-refractivity contribution >= 4 is 22.6 Å². The largest absolute Gasteiger partial charge is 0.452 e. The fourth-order valence-corrected chi connectivity index (χ4v) is 2.75. The molecular formula is C11H11F3N6S. The second kappa shape index (κ2) is 5.43. The molecule has 2 aromatic heterocycles. The van der Waals surface area contributed by atoms with Crippen LogP contribution >= 0.6 is 11.5 Å². The van der Waals surface area contributed by atoms with Gasteiger partial charge in [-0.3, -0.25) is 0 Å². The third-order valence-corrected chi connectivity index (χ3v) is 3.83. The summed E-state index contributed by atoms with van der Waals surface area (Å²) in [6, 6.07) is 1.74. The smallest absolute Gasteiger partial charge is 0.343 e. The standard InChI is InChI=1S/C11H11F3N6S/c12-11(13,14)8-17-10(21-18-8)20-6-4-19(5-7-20)9-15-2-1-3-16-9/h1-3H,4-7H2. The summed E-state index contributed by atoms with van der Waals surface area (Å²) in [7, 11) is 0. The molecule has 0 spiro atoms. The van der Waals surface area contributed by atoms with E-state index in [0.29, 0.717) is 37.3 Å². The highest BCUT2D eigenvalue weighted by Crippen LogP contribution is 2.30. The van der Waals surface area contributed by atoms with Crippen molar-refractivity contribution < 1.29 is 13.2 Å². The van der Waals surface area contributed by atoms with Gasteiger partial charge < -0.3 is 9.80 Å². The lowest BCUT2D eigenvalue weighted by molar-refractivity contribution is -0.144. The minimum absolute atomic E-state index is 0.302. The van der Waals surface area contributed by atoms with Gasteiger partial charge >= 0.3 is 6.18 Å². The van der Waals surface area contributed by atoms with Crippen molar-refractivity contribution in [2.75, 3.05) is 36.0 Å². The summed E-state index contributed by atoms with van der Waals surface area (Å²) in [4.78, 5) is 15.7. The van der Waals surface area contributed by atoms with E-state index in [2.05, 4.69) is 19.3 Å². The molecule has 0 N–H and O–H groups in total. The first-order chi connectivity index (χ1) is 10.0. The number of rotatable bonds is 2. The molecule has 0 atom stereocenters. The van der Waals surface area contributed by atoms with Gasteiger partial charge in [-0.25, -0.2) is 9.97 Å². The van der Waals surface area contributed by atoms with Gasteiger partial charge in [-0.15, -0.1) is 0 Å². The average molecular weight is 316 g/mol. The Morgan fingerprint density at radius 1 is 1.00 bits per heavy atom. The summed E-state index contributed by atoms with van der Waals surface area (Å²) >= 11 is 0.775. The fourth-order valence-electron chi connectivity index (χ4n) is 2.01. The number of halogens is 3. The highest BCUT2D eigenvalue weighted by molar-refractivity contribution is 7.09. The molecule has 112 valence electrons. The zero-order chi connectivity index (χ0) is 14.9. The van der Waals surface area contributed by atoms with Gasteiger partial charge in [0, 0.05) is 50.1 Å². The van der Waals surface area contributed by atoms with Crippen LogP contribution in [0.25, 0.3) is 0 Å². The van der Waals surface area contributed by atoms with Gasteiger partial charge in [0.1, 0.15) is 0 Å². The van der Waals surface area contributed by atoms with Crippen LogP contribution in [0.4, 0.5) is 24.3 Å². The van der Waals surface area contributed by atoms with Crippen LogP contribution < -0.4 is 9.80 Å². The third kappa shape index (κ3) is 3.04. The average Bonchev–Trinajstić information content (AvgIpc) is 2.98. The Hall–Kier alpha value is -1.97. The van der Waals surface area contributed by atoms with Gasteiger partial charge in [-0.1, -0.05) is 0 Å². The molecule has 0 saturated carbocycles. The van der Waals surface area contributed by atoms with Crippen molar-refractivity contribution in [1.82, 2.24) is 19.3 Å². The molecule has 0 bridgehead atoms. The van der Waals surface area contributed by atoms with Crippen LogP contribution in [0, 0.1) is 0 Å². The predicted molar refractivity (Wildman–Crippen MR) is 71.4 cm³/mol. The molecule has 1 aliphatic heterocycles. The molecule has 10 heteroatoms. The van der Waals surface area contributed by atoms with Crippen LogP contribution in [0.2, 0.25) is 0 Å². The SMILES string of the molecule is FC(F)(F)c1nsc(N2CCN(c3ncccn3)CC2)n1. The Labute approximate surface area is 122 Å². The van der Waals surface area contributed by atoms with Gasteiger partial charge in [-0.2, -0.15) is 22.5 Å². The molecule has 1 aliphatic rings. The molecule has 6 nitrogen and oxygen atoms in total. The van der Waals surface area contributed by atoms with Crippen molar-refractivity contribution in [1.29, 1.82) is 0 Å². The number of alkyl halides is 3. The van der Waals surface area contributed by atoms with Crippen LogP contribution in [0.15, 0.2) is 18.5 Å². The van der Waals surface area contributed by atoms with E-state index < -0.39 is 12.0 Å². The summed E-state index contributed by atoms with van der Waals surface area (Å²) in [6.45, 7) is 2.38. The lowest BCUT2D eigenvalue weighted by Gasteiger charge is -2.34. The van der Waals surface area contributed by atoms with E-state index in [-0.39, 0.29) is 0 Å². The molecule has 0 amide bonds. The van der Waals surface area contributed by atoms with Gasteiger partial charge in [0.2, 0.25) is 16.9 Å². The molecule has 2 aromatic rings. The van der Waals surface area contributed by atoms with Crippen molar-refractivity contribution in [2.45, 2.75) is 6.18 Å². The summed E-state index contributed by atoms with van der Waals surface area (Å²) < 4.78 is 40.8. The van der Waals surface area contributed by atoms with Crippen LogP contribution in [-0.4, -0.2) is 45.5 Å². The number of aromatic nitrogens is 4. The molecule has 3 heterocycles. The molecule has 0 unspecified atom stereocenters. The summed E-state index contributed by atoms with van der Waals surface area (Å²) in [5.74, 6) is -0.443. The van der Waals surface area contributed by atoms with Crippen molar-refractivity contribution in [2.24, 2.45) is 0 Å². The minimum atomic E-state index is -4.49. The molecule has 3 rings (SSSR count). The van der Waals surface area contributed by atoms with E-state index in [1.807, 2.05) is 4.90 Å². The van der Waals surface area contributed by atoms with E-state index in [0.717, 1.165) is 11.5 Å². The van der Waals surface area contributed by atoms with Crippen LogP contribution in [0.1, 0.15) is 5.82 Å². The second-order valence-electron chi connectivity index (χ2n) is 4.42. The maximum absolute atomic E-state index is 12.5. The highest BCUT2D eigenvalue weighted by Gasteiger charge is 2.36. The predicted octanol–water partition coefficient (Wildman–Crippen LogP) is 1.67. The Balaban J connectivity index is 1.65. The lowest BCUT2D eigenvalue weighted by Crippen LogP contribution is -2.47.